The molecule has 1 fully saturated rings. The van der Waals surface area contributed by atoms with Crippen LogP contribution in [0, 0.1) is 5.92 Å². The Morgan fingerprint density at radius 1 is 1.20 bits per heavy atom. The number of piperidine rings is 1. The zero-order valence-corrected chi connectivity index (χ0v) is 15.6. The van der Waals surface area contributed by atoms with Crippen LogP contribution in [0.4, 0.5) is 5.69 Å². The molecule has 6 heteroatoms. The third-order valence-corrected chi connectivity index (χ3v) is 6.20. The molecule has 0 spiro atoms. The van der Waals surface area contributed by atoms with E-state index in [-0.39, 0.29) is 30.7 Å². The Hall–Kier alpha value is -1.53. The summed E-state index contributed by atoms with van der Waals surface area (Å²) in [5.74, 6) is 1.61. The van der Waals surface area contributed by atoms with Crippen molar-refractivity contribution in [3.8, 4) is 0 Å². The number of nitrogens with zero attached hydrogens (tertiary/aromatic N) is 2. The fourth-order valence-electron chi connectivity index (χ4n) is 3.72. The topological polar surface area (TPSA) is 66.6 Å². The van der Waals surface area contributed by atoms with Crippen LogP contribution in [-0.2, 0) is 9.59 Å². The van der Waals surface area contributed by atoms with Crippen LogP contribution in [0.25, 0.3) is 0 Å². The minimum atomic E-state index is 0.0378. The van der Waals surface area contributed by atoms with E-state index in [1.54, 1.807) is 11.8 Å². The van der Waals surface area contributed by atoms with E-state index in [9.17, 15) is 9.59 Å². The average Bonchev–Trinajstić information content (AvgIpc) is 2.65. The number of likely N-dealkylation sites (tertiary alicyclic amines) is 1. The number of rotatable bonds is 4. The molecule has 3 rings (SSSR count). The van der Waals surface area contributed by atoms with Crippen molar-refractivity contribution in [2.24, 2.45) is 11.7 Å². The van der Waals surface area contributed by atoms with Crippen molar-refractivity contribution in [2.45, 2.75) is 43.5 Å². The number of hydrogen-bond acceptors (Lipinski definition) is 4. The summed E-state index contributed by atoms with van der Waals surface area (Å²) in [6.07, 6.45) is 2.52. The second-order valence-electron chi connectivity index (χ2n) is 6.97. The van der Waals surface area contributed by atoms with Crippen molar-refractivity contribution in [2.75, 3.05) is 30.3 Å². The summed E-state index contributed by atoms with van der Waals surface area (Å²) in [7, 11) is 0. The second kappa shape index (κ2) is 8.23. The lowest BCUT2D eigenvalue weighted by molar-refractivity contribution is -0.136. The van der Waals surface area contributed by atoms with E-state index in [1.165, 1.54) is 0 Å². The molecule has 2 atom stereocenters. The highest BCUT2D eigenvalue weighted by Gasteiger charge is 2.30. The van der Waals surface area contributed by atoms with Gasteiger partial charge in [0.15, 0.2) is 0 Å². The molecule has 0 bridgehead atoms. The molecule has 1 saturated heterocycles. The fourth-order valence-corrected chi connectivity index (χ4v) is 4.72. The number of anilines is 1. The number of benzene rings is 1. The monoisotopic (exact) mass is 361 g/mol. The van der Waals surface area contributed by atoms with Crippen molar-refractivity contribution < 1.29 is 9.59 Å². The highest BCUT2D eigenvalue weighted by molar-refractivity contribution is 7.99. The minimum Gasteiger partial charge on any atom is -0.338 e. The minimum absolute atomic E-state index is 0.0378. The molecule has 136 valence electrons. The van der Waals surface area contributed by atoms with Gasteiger partial charge in [0.25, 0.3) is 0 Å². The molecule has 1 aromatic rings. The van der Waals surface area contributed by atoms with Gasteiger partial charge in [-0.1, -0.05) is 19.1 Å². The van der Waals surface area contributed by atoms with Gasteiger partial charge in [-0.2, -0.15) is 0 Å². The van der Waals surface area contributed by atoms with Crippen molar-refractivity contribution in [1.29, 1.82) is 0 Å². The first-order chi connectivity index (χ1) is 12.1. The maximum absolute atomic E-state index is 12.7. The molecule has 2 aliphatic rings. The predicted octanol–water partition coefficient (Wildman–Crippen LogP) is 2.49. The Morgan fingerprint density at radius 2 is 1.96 bits per heavy atom. The van der Waals surface area contributed by atoms with Gasteiger partial charge in [0.05, 0.1) is 5.69 Å². The number of carbonyl (C=O) groups is 2. The molecule has 2 aliphatic heterocycles. The largest absolute Gasteiger partial charge is 0.338 e. The SMILES string of the molecule is CC1CCN(C(=O)CCC(=O)N2CCSc3ccccc32)C(CN)C1. The Kier molecular flexibility index (Phi) is 6.02. The van der Waals surface area contributed by atoms with E-state index in [4.69, 9.17) is 5.73 Å². The van der Waals surface area contributed by atoms with E-state index in [1.807, 2.05) is 34.1 Å². The van der Waals surface area contributed by atoms with Crippen LogP contribution in [0.1, 0.15) is 32.6 Å². The molecule has 0 aliphatic carbocycles. The van der Waals surface area contributed by atoms with E-state index < -0.39 is 0 Å². The highest BCUT2D eigenvalue weighted by atomic mass is 32.2. The summed E-state index contributed by atoms with van der Waals surface area (Å²) in [6.45, 7) is 4.18. The van der Waals surface area contributed by atoms with Gasteiger partial charge in [0, 0.05) is 49.2 Å². The third-order valence-electron chi connectivity index (χ3n) is 5.15. The lowest BCUT2D eigenvalue weighted by atomic mass is 9.92. The molecule has 2 N–H and O–H groups in total. The van der Waals surface area contributed by atoms with Gasteiger partial charge in [0.1, 0.15) is 0 Å². The molecule has 1 aromatic carbocycles. The zero-order chi connectivity index (χ0) is 17.8. The summed E-state index contributed by atoms with van der Waals surface area (Å²) in [4.78, 5) is 30.1. The lowest BCUT2D eigenvalue weighted by Gasteiger charge is -2.38. The van der Waals surface area contributed by atoms with Crippen LogP contribution >= 0.6 is 11.8 Å². The van der Waals surface area contributed by atoms with Crippen molar-refractivity contribution in [1.82, 2.24) is 4.90 Å². The molecule has 5 nitrogen and oxygen atoms in total. The van der Waals surface area contributed by atoms with Crippen LogP contribution < -0.4 is 10.6 Å². The fraction of sp³-hybridized carbons (Fsp3) is 0.579. The van der Waals surface area contributed by atoms with Crippen molar-refractivity contribution in [3.63, 3.8) is 0 Å². The first kappa shape index (κ1) is 18.3. The maximum atomic E-state index is 12.7. The molecule has 2 heterocycles. The third kappa shape index (κ3) is 4.18. The summed E-state index contributed by atoms with van der Waals surface area (Å²) in [5, 5.41) is 0. The number of para-hydroxylation sites is 1. The Balaban J connectivity index is 1.58. The Labute approximate surface area is 153 Å². The van der Waals surface area contributed by atoms with Crippen molar-refractivity contribution >= 4 is 29.3 Å². The van der Waals surface area contributed by atoms with Gasteiger partial charge in [0.2, 0.25) is 11.8 Å². The number of fused-ring (bicyclic) bond motifs is 1. The van der Waals surface area contributed by atoms with E-state index in [0.717, 1.165) is 35.7 Å². The van der Waals surface area contributed by atoms with Gasteiger partial charge in [-0.25, -0.2) is 0 Å². The van der Waals surface area contributed by atoms with Crippen LogP contribution in [0.2, 0.25) is 0 Å². The van der Waals surface area contributed by atoms with Gasteiger partial charge in [-0.3, -0.25) is 9.59 Å². The standard InChI is InChI=1S/C19H27N3O2S/c1-14-8-9-21(15(12-14)13-20)18(23)6-7-19(24)22-10-11-25-17-5-3-2-4-16(17)22/h2-5,14-15H,6-13,20H2,1H3. The number of hydrogen-bond donors (Lipinski definition) is 1. The number of amides is 2. The van der Waals surface area contributed by atoms with E-state index in [0.29, 0.717) is 19.0 Å². The van der Waals surface area contributed by atoms with Gasteiger partial charge in [-0.05, 0) is 30.9 Å². The van der Waals surface area contributed by atoms with E-state index in [2.05, 4.69) is 6.92 Å². The van der Waals surface area contributed by atoms with Crippen LogP contribution in [0.15, 0.2) is 29.2 Å². The summed E-state index contributed by atoms with van der Waals surface area (Å²) >= 11 is 1.78. The molecular weight excluding hydrogens is 334 g/mol. The summed E-state index contributed by atoms with van der Waals surface area (Å²) in [6, 6.07) is 8.10. The number of nitrogens with two attached hydrogens (primary N) is 1. The predicted molar refractivity (Wildman–Crippen MR) is 102 cm³/mol. The lowest BCUT2D eigenvalue weighted by Crippen LogP contribution is -2.49. The quantitative estimate of drug-likeness (QED) is 0.895. The normalized spacial score (nSPS) is 23.3. The first-order valence-corrected chi connectivity index (χ1v) is 10.1. The molecule has 0 aromatic heterocycles. The van der Waals surface area contributed by atoms with Gasteiger partial charge in [-0.15, -0.1) is 11.8 Å². The van der Waals surface area contributed by atoms with Crippen LogP contribution in [0.3, 0.4) is 0 Å². The molecular formula is C19H27N3O2S. The smallest absolute Gasteiger partial charge is 0.227 e. The van der Waals surface area contributed by atoms with E-state index >= 15 is 0 Å². The number of thioether (sulfide) groups is 1. The molecule has 25 heavy (non-hydrogen) atoms. The number of carbonyl (C=O) groups excluding carboxylic acids is 2. The van der Waals surface area contributed by atoms with Gasteiger partial charge >= 0.3 is 0 Å². The molecule has 2 amide bonds. The van der Waals surface area contributed by atoms with Gasteiger partial charge < -0.3 is 15.5 Å². The average molecular weight is 362 g/mol. The summed E-state index contributed by atoms with van der Waals surface area (Å²) in [5.41, 5.74) is 6.82. The maximum Gasteiger partial charge on any atom is 0.227 e. The molecule has 0 radical (unpaired) electrons. The Morgan fingerprint density at radius 3 is 2.76 bits per heavy atom. The van der Waals surface area contributed by atoms with Crippen LogP contribution in [-0.4, -0.2) is 48.1 Å². The highest BCUT2D eigenvalue weighted by Crippen LogP contribution is 2.34. The van der Waals surface area contributed by atoms with Crippen molar-refractivity contribution in [3.05, 3.63) is 24.3 Å². The Bertz CT molecular complexity index is 637. The van der Waals surface area contributed by atoms with Crippen LogP contribution in [0.5, 0.6) is 0 Å². The summed E-state index contributed by atoms with van der Waals surface area (Å²) < 4.78 is 0. The first-order valence-electron chi connectivity index (χ1n) is 9.12. The second-order valence-corrected chi connectivity index (χ2v) is 8.10. The zero-order valence-electron chi connectivity index (χ0n) is 14.8. The molecule has 0 saturated carbocycles. The molecule has 2 unspecified atom stereocenters.